The van der Waals surface area contributed by atoms with E-state index in [1.165, 1.54) is 14.2 Å². The predicted molar refractivity (Wildman–Crippen MR) is 99.0 cm³/mol. The molecule has 0 atom stereocenters. The Morgan fingerprint density at radius 2 is 1.93 bits per heavy atom. The van der Waals surface area contributed by atoms with Crippen molar-refractivity contribution >= 4 is 23.2 Å². The summed E-state index contributed by atoms with van der Waals surface area (Å²) in [6, 6.07) is 6.74. The molecule has 3 aromatic rings. The van der Waals surface area contributed by atoms with Crippen molar-refractivity contribution in [3.8, 4) is 22.9 Å². The number of rotatable bonds is 7. The maximum Gasteiger partial charge on any atom is 0.227 e. The van der Waals surface area contributed by atoms with Crippen molar-refractivity contribution in [3.05, 3.63) is 47.6 Å². The Bertz CT molecular complexity index is 930. The van der Waals surface area contributed by atoms with Crippen LogP contribution in [0.2, 0.25) is 5.02 Å². The number of nitrogens with zero attached hydrogens (tertiary/aromatic N) is 3. The van der Waals surface area contributed by atoms with E-state index in [1.807, 2.05) is 0 Å². The fourth-order valence-electron chi connectivity index (χ4n) is 2.37. The van der Waals surface area contributed by atoms with E-state index in [-0.39, 0.29) is 12.3 Å². The molecule has 2 heterocycles. The van der Waals surface area contributed by atoms with Crippen LogP contribution >= 0.6 is 11.6 Å². The van der Waals surface area contributed by atoms with Crippen LogP contribution in [0.15, 0.2) is 41.2 Å². The molecule has 9 heteroatoms. The third-order valence-electron chi connectivity index (χ3n) is 3.72. The predicted octanol–water partition coefficient (Wildman–Crippen LogP) is 3.37. The highest BCUT2D eigenvalue weighted by molar-refractivity contribution is 6.32. The van der Waals surface area contributed by atoms with Gasteiger partial charge < -0.3 is 19.3 Å². The molecular weight excluding hydrogens is 372 g/mol. The van der Waals surface area contributed by atoms with Gasteiger partial charge in [-0.05, 0) is 12.1 Å². The quantitative estimate of drug-likeness (QED) is 0.662. The highest BCUT2D eigenvalue weighted by Crippen LogP contribution is 2.35. The Hall–Kier alpha value is -3.13. The SMILES string of the molecule is COc1cc(NC(=O)CCc2nc(-c3ccncc3)no2)c(OC)cc1Cl. The van der Waals surface area contributed by atoms with Crippen molar-refractivity contribution in [2.75, 3.05) is 19.5 Å². The minimum Gasteiger partial charge on any atom is -0.495 e. The second kappa shape index (κ2) is 8.50. The third-order valence-corrected chi connectivity index (χ3v) is 4.02. The van der Waals surface area contributed by atoms with Gasteiger partial charge in [-0.15, -0.1) is 0 Å². The van der Waals surface area contributed by atoms with Crippen molar-refractivity contribution in [2.24, 2.45) is 0 Å². The van der Waals surface area contributed by atoms with Gasteiger partial charge in [-0.3, -0.25) is 9.78 Å². The number of benzene rings is 1. The summed E-state index contributed by atoms with van der Waals surface area (Å²) in [5, 5.41) is 7.07. The molecule has 0 bridgehead atoms. The highest BCUT2D eigenvalue weighted by Gasteiger charge is 2.14. The number of anilines is 1. The van der Waals surface area contributed by atoms with Crippen LogP contribution in [-0.2, 0) is 11.2 Å². The van der Waals surface area contributed by atoms with Gasteiger partial charge in [0.15, 0.2) is 0 Å². The number of halogens is 1. The van der Waals surface area contributed by atoms with Crippen molar-refractivity contribution in [1.29, 1.82) is 0 Å². The summed E-state index contributed by atoms with van der Waals surface area (Å²) in [7, 11) is 2.99. The number of aromatic nitrogens is 3. The topological polar surface area (TPSA) is 99.4 Å². The van der Waals surface area contributed by atoms with E-state index in [0.717, 1.165) is 5.56 Å². The summed E-state index contributed by atoms with van der Waals surface area (Å²) in [5.74, 6) is 1.47. The normalized spacial score (nSPS) is 10.5. The monoisotopic (exact) mass is 388 g/mol. The lowest BCUT2D eigenvalue weighted by atomic mass is 10.2. The molecule has 0 unspecified atom stereocenters. The first-order valence-electron chi connectivity index (χ1n) is 8.05. The molecule has 0 aliphatic carbocycles. The number of pyridine rings is 1. The molecule has 0 saturated carbocycles. The molecule has 140 valence electrons. The highest BCUT2D eigenvalue weighted by atomic mass is 35.5. The molecule has 27 heavy (non-hydrogen) atoms. The van der Waals surface area contributed by atoms with Crippen LogP contribution in [0, 0.1) is 0 Å². The number of methoxy groups -OCH3 is 2. The van der Waals surface area contributed by atoms with Crippen LogP contribution in [0.3, 0.4) is 0 Å². The minimum absolute atomic E-state index is 0.159. The average molecular weight is 389 g/mol. The lowest BCUT2D eigenvalue weighted by molar-refractivity contribution is -0.116. The van der Waals surface area contributed by atoms with Gasteiger partial charge in [-0.2, -0.15) is 4.98 Å². The lowest BCUT2D eigenvalue weighted by Crippen LogP contribution is -2.13. The Balaban J connectivity index is 1.63. The molecule has 0 aliphatic heterocycles. The number of hydrogen-bond donors (Lipinski definition) is 1. The van der Waals surface area contributed by atoms with Crippen LogP contribution < -0.4 is 14.8 Å². The molecule has 3 rings (SSSR count). The van der Waals surface area contributed by atoms with Crippen molar-refractivity contribution in [3.63, 3.8) is 0 Å². The molecular formula is C18H17ClN4O4. The summed E-state index contributed by atoms with van der Waals surface area (Å²) in [4.78, 5) is 20.5. The average Bonchev–Trinajstić information content (AvgIpc) is 3.17. The molecule has 0 radical (unpaired) electrons. The number of nitrogens with one attached hydrogen (secondary N) is 1. The van der Waals surface area contributed by atoms with E-state index in [4.69, 9.17) is 25.6 Å². The number of ether oxygens (including phenoxy) is 2. The molecule has 2 aromatic heterocycles. The second-order valence-corrected chi connectivity index (χ2v) is 5.89. The number of amides is 1. The second-order valence-electron chi connectivity index (χ2n) is 5.48. The molecule has 0 saturated heterocycles. The first-order valence-corrected chi connectivity index (χ1v) is 8.43. The summed E-state index contributed by atoms with van der Waals surface area (Å²) in [5.41, 5.74) is 1.26. The summed E-state index contributed by atoms with van der Waals surface area (Å²) >= 11 is 6.06. The summed E-state index contributed by atoms with van der Waals surface area (Å²) in [6.07, 6.45) is 3.75. The smallest absolute Gasteiger partial charge is 0.227 e. The number of aryl methyl sites for hydroxylation is 1. The Morgan fingerprint density at radius 3 is 2.63 bits per heavy atom. The van der Waals surface area contributed by atoms with Crippen LogP contribution in [0.4, 0.5) is 5.69 Å². The molecule has 1 aromatic carbocycles. The summed E-state index contributed by atoms with van der Waals surface area (Å²) < 4.78 is 15.6. The molecule has 0 fully saturated rings. The van der Waals surface area contributed by atoms with Crippen LogP contribution in [0.1, 0.15) is 12.3 Å². The first-order chi connectivity index (χ1) is 13.1. The van der Waals surface area contributed by atoms with Crippen molar-refractivity contribution in [1.82, 2.24) is 15.1 Å². The number of hydrogen-bond acceptors (Lipinski definition) is 7. The zero-order valence-corrected chi connectivity index (χ0v) is 15.5. The van der Waals surface area contributed by atoms with Gasteiger partial charge in [0, 0.05) is 42.9 Å². The fourth-order valence-corrected chi connectivity index (χ4v) is 2.60. The van der Waals surface area contributed by atoms with E-state index in [2.05, 4.69) is 20.4 Å². The van der Waals surface area contributed by atoms with Gasteiger partial charge in [0.25, 0.3) is 0 Å². The number of carbonyl (C=O) groups is 1. The maximum atomic E-state index is 12.3. The van der Waals surface area contributed by atoms with Gasteiger partial charge in [-0.25, -0.2) is 0 Å². The number of carbonyl (C=O) groups excluding carboxylic acids is 1. The van der Waals surface area contributed by atoms with Gasteiger partial charge in [0.05, 0.1) is 24.9 Å². The fraction of sp³-hybridized carbons (Fsp3) is 0.222. The van der Waals surface area contributed by atoms with E-state index in [1.54, 1.807) is 36.7 Å². The van der Waals surface area contributed by atoms with E-state index < -0.39 is 0 Å². The van der Waals surface area contributed by atoms with Gasteiger partial charge in [0.1, 0.15) is 11.5 Å². The zero-order valence-electron chi connectivity index (χ0n) is 14.7. The molecule has 1 N–H and O–H groups in total. The van der Waals surface area contributed by atoms with Crippen molar-refractivity contribution in [2.45, 2.75) is 12.8 Å². The first kappa shape index (κ1) is 18.7. The largest absolute Gasteiger partial charge is 0.495 e. The van der Waals surface area contributed by atoms with Crippen LogP contribution in [-0.4, -0.2) is 35.3 Å². The van der Waals surface area contributed by atoms with Gasteiger partial charge in [-0.1, -0.05) is 16.8 Å². The molecule has 1 amide bonds. The third kappa shape index (κ3) is 4.53. The van der Waals surface area contributed by atoms with E-state index in [9.17, 15) is 4.79 Å². The standard InChI is InChI=1S/C18H17ClN4O4/c1-25-14-10-13(15(26-2)9-12(14)19)21-16(24)3-4-17-22-18(23-27-17)11-5-7-20-8-6-11/h5-10H,3-4H2,1-2H3,(H,21,24). The minimum atomic E-state index is -0.235. The zero-order chi connectivity index (χ0) is 19.2. The Morgan fingerprint density at radius 1 is 1.19 bits per heavy atom. The Kier molecular flexibility index (Phi) is 5.87. The maximum absolute atomic E-state index is 12.3. The van der Waals surface area contributed by atoms with Gasteiger partial charge >= 0.3 is 0 Å². The Labute approximate surface area is 160 Å². The molecule has 0 spiro atoms. The lowest BCUT2D eigenvalue weighted by Gasteiger charge is -2.12. The summed E-state index contributed by atoms with van der Waals surface area (Å²) in [6.45, 7) is 0. The van der Waals surface area contributed by atoms with Crippen LogP contribution in [0.5, 0.6) is 11.5 Å². The molecule has 8 nitrogen and oxygen atoms in total. The van der Waals surface area contributed by atoms with E-state index in [0.29, 0.717) is 40.3 Å². The molecule has 0 aliphatic rings. The van der Waals surface area contributed by atoms with Crippen molar-refractivity contribution < 1.29 is 18.8 Å². The van der Waals surface area contributed by atoms with E-state index >= 15 is 0 Å². The van der Waals surface area contributed by atoms with Gasteiger partial charge in [0.2, 0.25) is 17.6 Å². The van der Waals surface area contributed by atoms with Crippen LogP contribution in [0.25, 0.3) is 11.4 Å².